The van der Waals surface area contributed by atoms with Crippen molar-refractivity contribution in [2.75, 3.05) is 0 Å². The molecule has 0 aromatic carbocycles. The zero-order valence-electron chi connectivity index (χ0n) is 24.7. The smallest absolute Gasteiger partial charge is 0.247 e. The quantitative estimate of drug-likeness (QED) is 0.0985. The van der Waals surface area contributed by atoms with Crippen molar-refractivity contribution < 1.29 is 4.57 Å². The summed E-state index contributed by atoms with van der Waals surface area (Å²) in [6.45, 7) is 9.39. The lowest BCUT2D eigenvalue weighted by Crippen LogP contribution is -2.41. The average Bonchev–Trinajstić information content (AvgIpc) is 3.35. The van der Waals surface area contributed by atoms with Crippen LogP contribution in [0.2, 0.25) is 0 Å². The molecule has 0 amide bonds. The lowest BCUT2D eigenvalue weighted by molar-refractivity contribution is -0.727. The van der Waals surface area contributed by atoms with Gasteiger partial charge < -0.3 is 0 Å². The topological polar surface area (TPSA) is 19.7 Å². The molecule has 1 heterocycles. The summed E-state index contributed by atoms with van der Waals surface area (Å²) in [5, 5.41) is 0. The first-order chi connectivity index (χ1) is 17.2. The highest BCUT2D eigenvalue weighted by Crippen LogP contribution is 2.27. The van der Waals surface area contributed by atoms with Crippen molar-refractivity contribution in [3.05, 3.63) is 18.2 Å². The van der Waals surface area contributed by atoms with Gasteiger partial charge in [-0.25, -0.2) is 9.55 Å². The van der Waals surface area contributed by atoms with Crippen molar-refractivity contribution in [1.29, 1.82) is 0 Å². The van der Waals surface area contributed by atoms with Gasteiger partial charge in [-0.15, -0.1) is 0 Å². The Morgan fingerprint density at radius 3 is 1.34 bits per heavy atom. The molecule has 0 fully saturated rings. The summed E-state index contributed by atoms with van der Waals surface area (Å²) in [6.07, 6.45) is 38.3. The molecule has 0 spiro atoms. The molecule has 206 valence electrons. The van der Waals surface area contributed by atoms with E-state index in [9.17, 15) is 0 Å². The molecule has 0 saturated heterocycles. The van der Waals surface area contributed by atoms with E-state index in [1.165, 1.54) is 160 Å². The number of imidazole rings is 1. The van der Waals surface area contributed by atoms with Crippen LogP contribution in [0.5, 0.6) is 0 Å². The first kappa shape index (κ1) is 32.2. The van der Waals surface area contributed by atoms with E-state index in [0.717, 1.165) is 0 Å². The van der Waals surface area contributed by atoms with E-state index in [2.05, 4.69) is 49.6 Å². The normalized spacial score (nSPS) is 13.4. The monoisotopic (exact) mass is 490 g/mol. The van der Waals surface area contributed by atoms with Crippen molar-refractivity contribution in [3.8, 4) is 0 Å². The number of unbranched alkanes of at least 4 members (excludes halogenated alkanes) is 18. The Balaban J connectivity index is 2.47. The summed E-state index contributed by atoms with van der Waals surface area (Å²) in [5.41, 5.74) is 0. The highest BCUT2D eigenvalue weighted by molar-refractivity contribution is 4.90. The van der Waals surface area contributed by atoms with E-state index in [-0.39, 0.29) is 0 Å². The summed E-state index contributed by atoms with van der Waals surface area (Å²) in [7, 11) is 0. The number of aromatic amines is 1. The van der Waals surface area contributed by atoms with Crippen LogP contribution >= 0.6 is 0 Å². The van der Waals surface area contributed by atoms with Crippen LogP contribution in [0.15, 0.2) is 12.4 Å². The highest BCUT2D eigenvalue weighted by Gasteiger charge is 2.25. The van der Waals surface area contributed by atoms with Crippen LogP contribution < -0.4 is 4.57 Å². The van der Waals surface area contributed by atoms with E-state index in [0.29, 0.717) is 12.0 Å². The summed E-state index contributed by atoms with van der Waals surface area (Å²) in [5.74, 6) is 2.24. The Bertz CT molecular complexity index is 549. The van der Waals surface area contributed by atoms with E-state index in [1.807, 2.05) is 0 Å². The number of hydrogen-bond donors (Lipinski definition) is 1. The summed E-state index contributed by atoms with van der Waals surface area (Å²) < 4.78 is 2.61. The van der Waals surface area contributed by atoms with Gasteiger partial charge in [-0.3, -0.25) is 0 Å². The number of rotatable bonds is 26. The number of nitrogens with zero attached hydrogens (tertiary/aromatic N) is 1. The van der Waals surface area contributed by atoms with Gasteiger partial charge in [0, 0.05) is 0 Å². The minimum atomic E-state index is 0.623. The fourth-order valence-electron chi connectivity index (χ4n) is 5.72. The van der Waals surface area contributed by atoms with Gasteiger partial charge in [-0.05, 0) is 32.6 Å². The van der Waals surface area contributed by atoms with Crippen LogP contribution in [-0.2, 0) is 0 Å². The predicted octanol–water partition coefficient (Wildman–Crippen LogP) is 11.4. The Labute approximate surface area is 221 Å². The molecule has 0 radical (unpaired) electrons. The predicted molar refractivity (Wildman–Crippen MR) is 156 cm³/mol. The van der Waals surface area contributed by atoms with Gasteiger partial charge in [0.15, 0.2) is 0 Å². The van der Waals surface area contributed by atoms with Crippen LogP contribution in [-0.4, -0.2) is 4.98 Å². The van der Waals surface area contributed by atoms with Gasteiger partial charge in [-0.1, -0.05) is 149 Å². The summed E-state index contributed by atoms with van der Waals surface area (Å²) >= 11 is 0. The minimum absolute atomic E-state index is 0.623. The SMILES string of the molecule is CCCCCCCCCCCC(CCCCCCC)c1[nH]cc[n+]1C(C)CCCCCCCCC. The molecule has 2 heteroatoms. The second kappa shape index (κ2) is 23.6. The molecule has 35 heavy (non-hydrogen) atoms. The van der Waals surface area contributed by atoms with Gasteiger partial charge in [0.05, 0.1) is 12.0 Å². The van der Waals surface area contributed by atoms with Gasteiger partial charge in [0.25, 0.3) is 5.82 Å². The first-order valence-corrected chi connectivity index (χ1v) is 16.3. The molecule has 0 aliphatic heterocycles. The second-order valence-corrected chi connectivity index (χ2v) is 11.5. The van der Waals surface area contributed by atoms with Gasteiger partial charge in [-0.2, -0.15) is 0 Å². The van der Waals surface area contributed by atoms with Crippen molar-refractivity contribution >= 4 is 0 Å². The Kier molecular flexibility index (Phi) is 21.7. The van der Waals surface area contributed by atoms with Crippen LogP contribution in [0.1, 0.15) is 200 Å². The maximum Gasteiger partial charge on any atom is 0.257 e. The lowest BCUT2D eigenvalue weighted by Gasteiger charge is -2.17. The lowest BCUT2D eigenvalue weighted by atomic mass is 9.93. The third-order valence-corrected chi connectivity index (χ3v) is 8.14. The minimum Gasteiger partial charge on any atom is -0.247 e. The number of nitrogens with one attached hydrogen (secondary N) is 1. The molecule has 0 bridgehead atoms. The molecule has 1 N–H and O–H groups in total. The number of aromatic nitrogens is 2. The van der Waals surface area contributed by atoms with Crippen molar-refractivity contribution in [1.82, 2.24) is 4.98 Å². The first-order valence-electron chi connectivity index (χ1n) is 16.3. The van der Waals surface area contributed by atoms with Crippen LogP contribution in [0, 0.1) is 0 Å². The molecule has 0 saturated carbocycles. The summed E-state index contributed by atoms with van der Waals surface area (Å²) in [4.78, 5) is 3.71. The van der Waals surface area contributed by atoms with Gasteiger partial charge >= 0.3 is 0 Å². The molecule has 0 aliphatic carbocycles. The van der Waals surface area contributed by atoms with Crippen LogP contribution in [0.3, 0.4) is 0 Å². The molecule has 1 rings (SSSR count). The molecular weight excluding hydrogens is 424 g/mol. The number of H-pyrrole nitrogens is 1. The van der Waals surface area contributed by atoms with Gasteiger partial charge in [0.1, 0.15) is 12.4 Å². The van der Waals surface area contributed by atoms with Crippen molar-refractivity contribution in [2.24, 2.45) is 0 Å². The molecule has 0 aliphatic rings. The fourth-order valence-corrected chi connectivity index (χ4v) is 5.72. The van der Waals surface area contributed by atoms with E-state index < -0.39 is 0 Å². The highest BCUT2D eigenvalue weighted by atomic mass is 15.1. The zero-order chi connectivity index (χ0) is 25.4. The Hall–Kier alpha value is -0.790. The molecule has 1 aromatic rings. The van der Waals surface area contributed by atoms with Crippen LogP contribution in [0.4, 0.5) is 0 Å². The molecule has 2 unspecified atom stereocenters. The molecule has 2 nitrogen and oxygen atoms in total. The van der Waals surface area contributed by atoms with E-state index in [4.69, 9.17) is 0 Å². The Morgan fingerprint density at radius 2 is 0.914 bits per heavy atom. The molecular formula is C33H65N2+. The fraction of sp³-hybridized carbons (Fsp3) is 0.909. The van der Waals surface area contributed by atoms with E-state index in [1.54, 1.807) is 0 Å². The zero-order valence-corrected chi connectivity index (χ0v) is 24.7. The second-order valence-electron chi connectivity index (χ2n) is 11.5. The third kappa shape index (κ3) is 16.6. The third-order valence-electron chi connectivity index (χ3n) is 8.14. The van der Waals surface area contributed by atoms with Crippen LogP contribution in [0.25, 0.3) is 0 Å². The number of hydrogen-bond acceptors (Lipinski definition) is 0. The van der Waals surface area contributed by atoms with Gasteiger partial charge in [0.2, 0.25) is 0 Å². The summed E-state index contributed by atoms with van der Waals surface area (Å²) in [6, 6.07) is 0.623. The molecule has 1 aromatic heterocycles. The maximum atomic E-state index is 3.71. The Morgan fingerprint density at radius 1 is 0.543 bits per heavy atom. The maximum absolute atomic E-state index is 3.71. The van der Waals surface area contributed by atoms with Crippen molar-refractivity contribution in [3.63, 3.8) is 0 Å². The standard InChI is InChI=1S/C33H64N2/c1-5-8-11-14-16-17-19-22-25-28-32(27-24-20-13-10-7-3)33-34-29-30-35(33)31(4)26-23-21-18-15-12-9-6-2/h29-32H,5-28H2,1-4H3/p+1. The van der Waals surface area contributed by atoms with Crippen molar-refractivity contribution in [2.45, 2.75) is 194 Å². The molecule has 2 atom stereocenters. The van der Waals surface area contributed by atoms with E-state index >= 15 is 0 Å². The average molecular weight is 490 g/mol. The largest absolute Gasteiger partial charge is 0.257 e.